The summed E-state index contributed by atoms with van der Waals surface area (Å²) in [5.41, 5.74) is 8.99. The highest BCUT2D eigenvalue weighted by atomic mass is 32.1. The lowest BCUT2D eigenvalue weighted by molar-refractivity contribution is 0.685. The molecule has 3 aromatic rings. The molecule has 3 rings (SSSR count). The summed E-state index contributed by atoms with van der Waals surface area (Å²) in [5, 5.41) is 9.47. The Labute approximate surface area is 121 Å². The number of hydrogen-bond donors (Lipinski definition) is 2. The van der Waals surface area contributed by atoms with Gasteiger partial charge in [-0.3, -0.25) is 0 Å². The normalized spacial score (nSPS) is 10.6. The lowest BCUT2D eigenvalue weighted by Crippen LogP contribution is -2.02. The first-order chi connectivity index (χ1) is 9.81. The van der Waals surface area contributed by atoms with E-state index in [0.717, 1.165) is 29.3 Å². The van der Waals surface area contributed by atoms with Crippen LogP contribution in [-0.4, -0.2) is 14.8 Å². The largest absolute Gasteiger partial charge is 0.398 e. The summed E-state index contributed by atoms with van der Waals surface area (Å²) in [5.74, 6) is 0. The van der Waals surface area contributed by atoms with Crippen LogP contribution in [0.15, 0.2) is 48.4 Å². The van der Waals surface area contributed by atoms with Gasteiger partial charge in [0.15, 0.2) is 0 Å². The van der Waals surface area contributed by atoms with Crippen LogP contribution >= 0.6 is 11.3 Å². The minimum Gasteiger partial charge on any atom is -0.398 e. The van der Waals surface area contributed by atoms with Gasteiger partial charge in [-0.2, -0.15) is 5.10 Å². The standard InChI is InChI=1S/C14H15N5S/c15-13-5-6-20-14(13)7-17-12-3-1-11(2-4-12)8-19-10-16-9-18-19/h1-6,9-10,17H,7-8,15H2. The Morgan fingerprint density at radius 3 is 2.70 bits per heavy atom. The van der Waals surface area contributed by atoms with Crippen molar-refractivity contribution in [1.29, 1.82) is 0 Å². The Morgan fingerprint density at radius 2 is 2.05 bits per heavy atom. The van der Waals surface area contributed by atoms with Gasteiger partial charge in [0, 0.05) is 16.3 Å². The highest BCUT2D eigenvalue weighted by molar-refractivity contribution is 7.10. The molecule has 0 saturated carbocycles. The molecule has 0 radical (unpaired) electrons. The monoisotopic (exact) mass is 285 g/mol. The van der Waals surface area contributed by atoms with Crippen LogP contribution in [0.2, 0.25) is 0 Å². The van der Waals surface area contributed by atoms with E-state index in [0.29, 0.717) is 0 Å². The maximum atomic E-state index is 5.86. The Kier molecular flexibility index (Phi) is 3.64. The first-order valence-electron chi connectivity index (χ1n) is 6.28. The average Bonchev–Trinajstić information content (AvgIpc) is 3.10. The van der Waals surface area contributed by atoms with Crippen LogP contribution in [0.4, 0.5) is 11.4 Å². The van der Waals surface area contributed by atoms with Gasteiger partial charge in [-0.15, -0.1) is 11.3 Å². The Bertz CT molecular complexity index is 657. The zero-order valence-corrected chi connectivity index (χ0v) is 11.7. The Morgan fingerprint density at radius 1 is 1.20 bits per heavy atom. The first kappa shape index (κ1) is 12.7. The van der Waals surface area contributed by atoms with Crippen LogP contribution in [0.3, 0.4) is 0 Å². The number of benzene rings is 1. The predicted octanol–water partition coefficient (Wildman–Crippen LogP) is 2.58. The Hall–Kier alpha value is -2.34. The smallest absolute Gasteiger partial charge is 0.137 e. The lowest BCUT2D eigenvalue weighted by atomic mass is 10.2. The van der Waals surface area contributed by atoms with Gasteiger partial charge >= 0.3 is 0 Å². The fourth-order valence-electron chi connectivity index (χ4n) is 1.91. The SMILES string of the molecule is Nc1ccsc1CNc1ccc(Cn2cncn2)cc1. The maximum absolute atomic E-state index is 5.86. The summed E-state index contributed by atoms with van der Waals surface area (Å²) in [6, 6.07) is 10.2. The van der Waals surface area contributed by atoms with Crippen molar-refractivity contribution in [3.63, 3.8) is 0 Å². The number of hydrogen-bond acceptors (Lipinski definition) is 5. The number of rotatable bonds is 5. The molecular weight excluding hydrogens is 270 g/mol. The molecule has 20 heavy (non-hydrogen) atoms. The zero-order valence-electron chi connectivity index (χ0n) is 10.9. The van der Waals surface area contributed by atoms with Crippen molar-refractivity contribution in [1.82, 2.24) is 14.8 Å². The van der Waals surface area contributed by atoms with Crippen molar-refractivity contribution in [2.75, 3.05) is 11.1 Å². The second-order valence-electron chi connectivity index (χ2n) is 4.44. The summed E-state index contributed by atoms with van der Waals surface area (Å²) in [7, 11) is 0. The molecule has 5 nitrogen and oxygen atoms in total. The van der Waals surface area contributed by atoms with Gasteiger partial charge in [-0.25, -0.2) is 9.67 Å². The van der Waals surface area contributed by atoms with Crippen molar-refractivity contribution in [2.24, 2.45) is 0 Å². The molecule has 0 aliphatic carbocycles. The Balaban J connectivity index is 1.60. The van der Waals surface area contributed by atoms with Gasteiger partial charge in [0.05, 0.1) is 13.1 Å². The summed E-state index contributed by atoms with van der Waals surface area (Å²) in [6.07, 6.45) is 3.26. The highest BCUT2D eigenvalue weighted by Gasteiger charge is 2.01. The van der Waals surface area contributed by atoms with Crippen molar-refractivity contribution >= 4 is 22.7 Å². The molecule has 0 atom stereocenters. The topological polar surface area (TPSA) is 68.8 Å². The minimum absolute atomic E-state index is 0.734. The fourth-order valence-corrected chi connectivity index (χ4v) is 2.64. The van der Waals surface area contributed by atoms with Crippen molar-refractivity contribution < 1.29 is 0 Å². The molecule has 1 aromatic carbocycles. The maximum Gasteiger partial charge on any atom is 0.137 e. The second-order valence-corrected chi connectivity index (χ2v) is 5.44. The molecule has 0 saturated heterocycles. The van der Waals surface area contributed by atoms with E-state index in [4.69, 9.17) is 5.73 Å². The third kappa shape index (κ3) is 2.97. The number of nitrogens with two attached hydrogens (primary N) is 1. The third-order valence-corrected chi connectivity index (χ3v) is 3.93. The van der Waals surface area contributed by atoms with Crippen LogP contribution in [0.1, 0.15) is 10.4 Å². The molecule has 0 amide bonds. The summed E-state index contributed by atoms with van der Waals surface area (Å²) < 4.78 is 1.80. The van der Waals surface area contributed by atoms with Gasteiger partial charge in [0.1, 0.15) is 12.7 Å². The number of aromatic nitrogens is 3. The van der Waals surface area contributed by atoms with Gasteiger partial charge in [-0.1, -0.05) is 12.1 Å². The van der Waals surface area contributed by atoms with E-state index in [2.05, 4.69) is 39.7 Å². The summed E-state index contributed by atoms with van der Waals surface area (Å²) in [6.45, 7) is 1.49. The predicted molar refractivity (Wildman–Crippen MR) is 81.6 cm³/mol. The van der Waals surface area contributed by atoms with Crippen LogP contribution in [-0.2, 0) is 13.1 Å². The molecule has 0 aliphatic heterocycles. The second kappa shape index (κ2) is 5.75. The van der Waals surface area contributed by atoms with E-state index in [-0.39, 0.29) is 0 Å². The molecule has 102 valence electrons. The highest BCUT2D eigenvalue weighted by Crippen LogP contribution is 2.20. The molecular formula is C14H15N5S. The lowest BCUT2D eigenvalue weighted by Gasteiger charge is -2.07. The number of anilines is 2. The first-order valence-corrected chi connectivity index (χ1v) is 7.16. The van der Waals surface area contributed by atoms with E-state index < -0.39 is 0 Å². The molecule has 2 heterocycles. The number of nitrogens with one attached hydrogen (secondary N) is 1. The number of nitrogen functional groups attached to an aromatic ring is 1. The molecule has 0 aliphatic rings. The van der Waals surface area contributed by atoms with Crippen LogP contribution < -0.4 is 11.1 Å². The van der Waals surface area contributed by atoms with Crippen molar-refractivity contribution in [3.05, 3.63) is 58.8 Å². The number of thiophene rings is 1. The molecule has 0 unspecified atom stereocenters. The average molecular weight is 285 g/mol. The van der Waals surface area contributed by atoms with Crippen molar-refractivity contribution in [3.8, 4) is 0 Å². The number of nitrogens with zero attached hydrogens (tertiary/aromatic N) is 3. The summed E-state index contributed by atoms with van der Waals surface area (Å²) in [4.78, 5) is 5.09. The van der Waals surface area contributed by atoms with Crippen LogP contribution in [0, 0.1) is 0 Å². The molecule has 6 heteroatoms. The quantitative estimate of drug-likeness (QED) is 0.756. The van der Waals surface area contributed by atoms with E-state index in [1.54, 1.807) is 28.7 Å². The van der Waals surface area contributed by atoms with Crippen molar-refractivity contribution in [2.45, 2.75) is 13.1 Å². The third-order valence-electron chi connectivity index (χ3n) is 3.00. The zero-order chi connectivity index (χ0) is 13.8. The van der Waals surface area contributed by atoms with Gasteiger partial charge in [-0.05, 0) is 29.1 Å². The van der Waals surface area contributed by atoms with Gasteiger partial charge in [0.25, 0.3) is 0 Å². The van der Waals surface area contributed by atoms with Crippen LogP contribution in [0.5, 0.6) is 0 Å². The minimum atomic E-state index is 0.734. The summed E-state index contributed by atoms with van der Waals surface area (Å²) >= 11 is 1.67. The fraction of sp³-hybridized carbons (Fsp3) is 0.143. The van der Waals surface area contributed by atoms with Crippen LogP contribution in [0.25, 0.3) is 0 Å². The van der Waals surface area contributed by atoms with E-state index in [1.807, 2.05) is 11.4 Å². The van der Waals surface area contributed by atoms with Gasteiger partial charge < -0.3 is 11.1 Å². The molecule has 2 aromatic heterocycles. The van der Waals surface area contributed by atoms with E-state index in [9.17, 15) is 0 Å². The van der Waals surface area contributed by atoms with E-state index in [1.165, 1.54) is 5.56 Å². The van der Waals surface area contributed by atoms with Gasteiger partial charge in [0.2, 0.25) is 0 Å². The molecule has 3 N–H and O–H groups in total. The molecule has 0 fully saturated rings. The van der Waals surface area contributed by atoms with E-state index >= 15 is 0 Å². The molecule has 0 bridgehead atoms. The molecule has 0 spiro atoms.